The summed E-state index contributed by atoms with van der Waals surface area (Å²) < 4.78 is 45.9. The molecular weight excluding hydrogens is 349 g/mol. The first-order valence-corrected chi connectivity index (χ1v) is 7.82. The van der Waals surface area contributed by atoms with Crippen molar-refractivity contribution >= 4 is 31.6 Å². The second-order valence-corrected chi connectivity index (χ2v) is 6.47. The van der Waals surface area contributed by atoms with Crippen LogP contribution < -0.4 is 9.46 Å². The Kier molecular flexibility index (Phi) is 4.29. The van der Waals surface area contributed by atoms with E-state index in [-0.39, 0.29) is 10.6 Å². The molecule has 4 nitrogen and oxygen atoms in total. The van der Waals surface area contributed by atoms with Crippen LogP contribution in [0.3, 0.4) is 0 Å². The van der Waals surface area contributed by atoms with E-state index in [4.69, 9.17) is 4.74 Å². The van der Waals surface area contributed by atoms with Crippen molar-refractivity contribution in [2.45, 2.75) is 4.90 Å². The van der Waals surface area contributed by atoms with Crippen molar-refractivity contribution in [3.63, 3.8) is 0 Å². The van der Waals surface area contributed by atoms with Crippen LogP contribution in [0.1, 0.15) is 0 Å². The highest BCUT2D eigenvalue weighted by atomic mass is 79.9. The Balaban J connectivity index is 2.40. The number of rotatable bonds is 4. The van der Waals surface area contributed by atoms with Crippen molar-refractivity contribution in [1.29, 1.82) is 0 Å². The van der Waals surface area contributed by atoms with E-state index in [1.165, 1.54) is 13.2 Å². The zero-order chi connectivity index (χ0) is 14.8. The summed E-state index contributed by atoms with van der Waals surface area (Å²) in [4.78, 5) is -0.247. The highest BCUT2D eigenvalue weighted by Gasteiger charge is 2.20. The molecule has 0 saturated heterocycles. The van der Waals surface area contributed by atoms with E-state index in [1.807, 2.05) is 0 Å². The van der Waals surface area contributed by atoms with Gasteiger partial charge in [-0.1, -0.05) is 15.9 Å². The van der Waals surface area contributed by atoms with Crippen LogP contribution >= 0.6 is 15.9 Å². The molecule has 1 N–H and O–H groups in total. The number of nitrogens with one attached hydrogen (secondary N) is 1. The normalized spacial score (nSPS) is 11.2. The van der Waals surface area contributed by atoms with Crippen LogP contribution in [0, 0.1) is 5.82 Å². The summed E-state index contributed by atoms with van der Waals surface area (Å²) in [7, 11) is -2.60. The number of ether oxygens (including phenoxy) is 1. The maximum atomic E-state index is 13.3. The fourth-order valence-electron chi connectivity index (χ4n) is 1.59. The van der Waals surface area contributed by atoms with Crippen LogP contribution in [-0.4, -0.2) is 15.5 Å². The van der Waals surface area contributed by atoms with E-state index in [1.54, 1.807) is 24.3 Å². The molecule has 0 saturated carbocycles. The molecule has 0 atom stereocenters. The first-order chi connectivity index (χ1) is 9.42. The zero-order valence-electron chi connectivity index (χ0n) is 10.4. The van der Waals surface area contributed by atoms with Gasteiger partial charge in [0.2, 0.25) is 0 Å². The molecule has 0 aliphatic carbocycles. The van der Waals surface area contributed by atoms with Gasteiger partial charge in [-0.05, 0) is 42.5 Å². The lowest BCUT2D eigenvalue weighted by molar-refractivity contribution is 0.401. The van der Waals surface area contributed by atoms with Crippen LogP contribution in [-0.2, 0) is 10.0 Å². The quantitative estimate of drug-likeness (QED) is 0.909. The van der Waals surface area contributed by atoms with E-state index < -0.39 is 15.8 Å². The summed E-state index contributed by atoms with van der Waals surface area (Å²) in [6, 6.07) is 9.89. The number of hydrogen-bond acceptors (Lipinski definition) is 3. The SMILES string of the molecule is COc1ccc(F)cc1S(=O)(=O)Nc1ccc(Br)cc1. The Morgan fingerprint density at radius 3 is 2.40 bits per heavy atom. The number of benzene rings is 2. The predicted molar refractivity (Wildman–Crippen MR) is 77.9 cm³/mol. The first kappa shape index (κ1) is 14.8. The van der Waals surface area contributed by atoms with Gasteiger partial charge >= 0.3 is 0 Å². The van der Waals surface area contributed by atoms with Gasteiger partial charge < -0.3 is 4.74 Å². The van der Waals surface area contributed by atoms with Crippen molar-refractivity contribution in [3.8, 4) is 5.75 Å². The van der Waals surface area contributed by atoms with E-state index >= 15 is 0 Å². The zero-order valence-corrected chi connectivity index (χ0v) is 12.8. The Labute approximate surface area is 124 Å². The largest absolute Gasteiger partial charge is 0.495 e. The number of hydrogen-bond donors (Lipinski definition) is 1. The highest BCUT2D eigenvalue weighted by Crippen LogP contribution is 2.26. The fourth-order valence-corrected chi connectivity index (χ4v) is 3.09. The predicted octanol–water partition coefficient (Wildman–Crippen LogP) is 3.40. The smallest absolute Gasteiger partial charge is 0.265 e. The van der Waals surface area contributed by atoms with Gasteiger partial charge in [0.1, 0.15) is 16.5 Å². The minimum atomic E-state index is -3.92. The van der Waals surface area contributed by atoms with Gasteiger partial charge in [0.25, 0.3) is 10.0 Å². The first-order valence-electron chi connectivity index (χ1n) is 5.54. The van der Waals surface area contributed by atoms with Crippen molar-refractivity contribution in [2.75, 3.05) is 11.8 Å². The molecular formula is C13H11BrFNO3S. The maximum Gasteiger partial charge on any atom is 0.265 e. The Hall–Kier alpha value is -1.60. The van der Waals surface area contributed by atoms with Crippen LogP contribution in [0.2, 0.25) is 0 Å². The molecule has 0 spiro atoms. The average Bonchev–Trinajstić information content (AvgIpc) is 2.41. The van der Waals surface area contributed by atoms with E-state index in [2.05, 4.69) is 20.7 Å². The lowest BCUT2D eigenvalue weighted by Gasteiger charge is -2.11. The molecule has 0 radical (unpaired) electrons. The summed E-state index contributed by atoms with van der Waals surface area (Å²) in [6.45, 7) is 0. The van der Waals surface area contributed by atoms with E-state index in [0.717, 1.165) is 16.6 Å². The van der Waals surface area contributed by atoms with Crippen molar-refractivity contribution in [2.24, 2.45) is 0 Å². The molecule has 2 aromatic rings. The number of sulfonamides is 1. The number of anilines is 1. The third kappa shape index (κ3) is 3.29. The highest BCUT2D eigenvalue weighted by molar-refractivity contribution is 9.10. The molecule has 20 heavy (non-hydrogen) atoms. The molecule has 2 rings (SSSR count). The molecule has 0 amide bonds. The fraction of sp³-hybridized carbons (Fsp3) is 0.0769. The molecule has 0 unspecified atom stereocenters. The standard InChI is InChI=1S/C13H11BrFNO3S/c1-19-12-7-4-10(15)8-13(12)20(17,18)16-11-5-2-9(14)3-6-11/h2-8,16H,1H3. The topological polar surface area (TPSA) is 55.4 Å². The Morgan fingerprint density at radius 1 is 1.15 bits per heavy atom. The van der Waals surface area contributed by atoms with Crippen molar-refractivity contribution in [3.05, 3.63) is 52.8 Å². The maximum absolute atomic E-state index is 13.3. The molecule has 0 heterocycles. The lowest BCUT2D eigenvalue weighted by Crippen LogP contribution is -2.14. The third-order valence-electron chi connectivity index (χ3n) is 2.51. The Morgan fingerprint density at radius 2 is 1.80 bits per heavy atom. The van der Waals surface area contributed by atoms with Gasteiger partial charge in [0.05, 0.1) is 7.11 Å². The molecule has 0 aliphatic rings. The average molecular weight is 360 g/mol. The molecule has 2 aromatic carbocycles. The lowest BCUT2D eigenvalue weighted by atomic mass is 10.3. The van der Waals surface area contributed by atoms with Gasteiger partial charge in [-0.15, -0.1) is 0 Å². The Bertz CT molecular complexity index is 717. The van der Waals surface area contributed by atoms with Gasteiger partial charge in [-0.3, -0.25) is 4.72 Å². The molecule has 106 valence electrons. The second-order valence-electron chi connectivity index (χ2n) is 3.91. The van der Waals surface area contributed by atoms with Gasteiger partial charge in [0.15, 0.2) is 0 Å². The molecule has 7 heteroatoms. The van der Waals surface area contributed by atoms with Gasteiger partial charge in [0, 0.05) is 10.2 Å². The molecule has 0 bridgehead atoms. The second kappa shape index (κ2) is 5.80. The molecule has 0 fully saturated rings. The number of halogens is 2. The van der Waals surface area contributed by atoms with Crippen LogP contribution in [0.5, 0.6) is 5.75 Å². The third-order valence-corrected chi connectivity index (χ3v) is 4.44. The molecule has 0 aromatic heterocycles. The van der Waals surface area contributed by atoms with Gasteiger partial charge in [-0.25, -0.2) is 12.8 Å². The van der Waals surface area contributed by atoms with Crippen molar-refractivity contribution < 1.29 is 17.5 Å². The summed E-state index contributed by atoms with van der Waals surface area (Å²) in [5, 5.41) is 0. The van der Waals surface area contributed by atoms with Crippen LogP contribution in [0.4, 0.5) is 10.1 Å². The van der Waals surface area contributed by atoms with Crippen molar-refractivity contribution in [1.82, 2.24) is 0 Å². The number of methoxy groups -OCH3 is 1. The van der Waals surface area contributed by atoms with Crippen LogP contribution in [0.15, 0.2) is 51.8 Å². The van der Waals surface area contributed by atoms with E-state index in [9.17, 15) is 12.8 Å². The minimum Gasteiger partial charge on any atom is -0.495 e. The summed E-state index contributed by atoms with van der Waals surface area (Å²) in [5.41, 5.74) is 0.375. The minimum absolute atomic E-state index is 0.0796. The monoisotopic (exact) mass is 359 g/mol. The summed E-state index contributed by atoms with van der Waals surface area (Å²) in [5.74, 6) is -0.571. The van der Waals surface area contributed by atoms with E-state index in [0.29, 0.717) is 5.69 Å². The van der Waals surface area contributed by atoms with Gasteiger partial charge in [-0.2, -0.15) is 0 Å². The van der Waals surface area contributed by atoms with Crippen LogP contribution in [0.25, 0.3) is 0 Å². The molecule has 0 aliphatic heterocycles. The summed E-state index contributed by atoms with van der Waals surface area (Å²) in [6.07, 6.45) is 0. The summed E-state index contributed by atoms with van der Waals surface area (Å²) >= 11 is 3.26.